The number of hydrogen-bond donors (Lipinski definition) is 2. The molecule has 1 saturated heterocycles. The van der Waals surface area contributed by atoms with Crippen LogP contribution in [0.3, 0.4) is 0 Å². The molecule has 0 spiro atoms. The van der Waals surface area contributed by atoms with Gasteiger partial charge < -0.3 is 20.2 Å². The molecular formula is C16H21ClF3N3O2. The second-order valence-corrected chi connectivity index (χ2v) is 6.22. The van der Waals surface area contributed by atoms with Gasteiger partial charge in [-0.1, -0.05) is 0 Å². The molecule has 25 heavy (non-hydrogen) atoms. The van der Waals surface area contributed by atoms with E-state index in [2.05, 4.69) is 5.32 Å². The van der Waals surface area contributed by atoms with E-state index in [0.717, 1.165) is 6.07 Å². The van der Waals surface area contributed by atoms with Gasteiger partial charge in [0.25, 0.3) is 0 Å². The van der Waals surface area contributed by atoms with Gasteiger partial charge in [-0.25, -0.2) is 0 Å². The summed E-state index contributed by atoms with van der Waals surface area (Å²) in [7, 11) is 0. The van der Waals surface area contributed by atoms with Crippen LogP contribution in [0, 0.1) is 0 Å². The fourth-order valence-electron chi connectivity index (χ4n) is 2.70. The van der Waals surface area contributed by atoms with Crippen LogP contribution in [0.1, 0.15) is 12.5 Å². The number of anilines is 2. The topological polar surface area (TPSA) is 55.8 Å². The fraction of sp³-hybridized carbons (Fsp3) is 0.562. The molecule has 0 saturated carbocycles. The standard InChI is InChI=1S/C16H21ClF3N3O2/c1-11(24)22-4-6-23(7-5-22)15-3-2-12(21-10-13(25)9-17)8-14(15)16(18,19)20/h2-3,8,13,21,25H,4-7,9-10H2,1H3. The van der Waals surface area contributed by atoms with Crippen molar-refractivity contribution in [3.63, 3.8) is 0 Å². The Bertz CT molecular complexity index is 605. The van der Waals surface area contributed by atoms with Crippen molar-refractivity contribution in [3.05, 3.63) is 23.8 Å². The fourth-order valence-corrected chi connectivity index (χ4v) is 2.81. The predicted octanol–water partition coefficient (Wildman–Crippen LogP) is 2.39. The second-order valence-electron chi connectivity index (χ2n) is 5.91. The van der Waals surface area contributed by atoms with Crippen LogP contribution in [0.4, 0.5) is 24.5 Å². The SMILES string of the molecule is CC(=O)N1CCN(c2ccc(NCC(O)CCl)cc2C(F)(F)F)CC1. The Morgan fingerprint density at radius 3 is 2.48 bits per heavy atom. The maximum atomic E-state index is 13.5. The molecule has 1 aromatic carbocycles. The molecular weight excluding hydrogens is 359 g/mol. The smallest absolute Gasteiger partial charge is 0.390 e. The minimum atomic E-state index is -4.50. The van der Waals surface area contributed by atoms with E-state index in [-0.39, 0.29) is 29.7 Å². The molecule has 2 rings (SSSR count). The number of aliphatic hydroxyl groups is 1. The average molecular weight is 380 g/mol. The van der Waals surface area contributed by atoms with E-state index >= 15 is 0 Å². The van der Waals surface area contributed by atoms with Crippen molar-refractivity contribution in [3.8, 4) is 0 Å². The minimum absolute atomic E-state index is 0.00234. The summed E-state index contributed by atoms with van der Waals surface area (Å²) in [5.41, 5.74) is -0.379. The third-order valence-corrected chi connectivity index (χ3v) is 4.44. The predicted molar refractivity (Wildman–Crippen MR) is 91.1 cm³/mol. The number of hydrogen-bond acceptors (Lipinski definition) is 4. The Labute approximate surface area is 149 Å². The van der Waals surface area contributed by atoms with Gasteiger partial charge in [0.1, 0.15) is 0 Å². The van der Waals surface area contributed by atoms with Gasteiger partial charge in [0.15, 0.2) is 0 Å². The van der Waals surface area contributed by atoms with Crippen molar-refractivity contribution < 1.29 is 23.1 Å². The van der Waals surface area contributed by atoms with Crippen LogP contribution in [-0.4, -0.2) is 60.6 Å². The minimum Gasteiger partial charge on any atom is -0.390 e. The summed E-state index contributed by atoms with van der Waals surface area (Å²) in [6, 6.07) is 4.00. The summed E-state index contributed by atoms with van der Waals surface area (Å²) < 4.78 is 40.4. The van der Waals surface area contributed by atoms with Gasteiger partial charge in [0.2, 0.25) is 5.91 Å². The molecule has 1 aliphatic heterocycles. The number of nitrogens with one attached hydrogen (secondary N) is 1. The number of benzene rings is 1. The Kier molecular flexibility index (Phi) is 6.40. The monoisotopic (exact) mass is 379 g/mol. The molecule has 1 amide bonds. The van der Waals surface area contributed by atoms with Gasteiger partial charge >= 0.3 is 6.18 Å². The normalized spacial score (nSPS) is 16.7. The molecule has 1 atom stereocenters. The number of aliphatic hydroxyl groups excluding tert-OH is 1. The van der Waals surface area contributed by atoms with Crippen LogP contribution in [0.15, 0.2) is 18.2 Å². The summed E-state index contributed by atoms with van der Waals surface area (Å²) >= 11 is 5.48. The van der Waals surface area contributed by atoms with Crippen molar-refractivity contribution in [2.75, 3.05) is 48.8 Å². The lowest BCUT2D eigenvalue weighted by Gasteiger charge is -2.36. The number of halogens is 4. The zero-order valence-corrected chi connectivity index (χ0v) is 14.6. The van der Waals surface area contributed by atoms with E-state index < -0.39 is 17.8 Å². The Hall–Kier alpha value is -1.67. The van der Waals surface area contributed by atoms with Crippen LogP contribution < -0.4 is 10.2 Å². The Balaban J connectivity index is 2.19. The summed E-state index contributed by atoms with van der Waals surface area (Å²) in [6.07, 6.45) is -5.34. The van der Waals surface area contributed by atoms with Gasteiger partial charge in [-0.2, -0.15) is 13.2 Å². The molecule has 0 bridgehead atoms. The Morgan fingerprint density at radius 2 is 1.96 bits per heavy atom. The highest BCUT2D eigenvalue weighted by atomic mass is 35.5. The van der Waals surface area contributed by atoms with E-state index in [1.54, 1.807) is 15.9 Å². The molecule has 1 aromatic rings. The van der Waals surface area contributed by atoms with Gasteiger partial charge in [-0.3, -0.25) is 4.79 Å². The van der Waals surface area contributed by atoms with Crippen LogP contribution in [0.2, 0.25) is 0 Å². The quantitative estimate of drug-likeness (QED) is 0.771. The molecule has 0 aliphatic carbocycles. The first kappa shape index (κ1) is 19.7. The molecule has 140 valence electrons. The lowest BCUT2D eigenvalue weighted by molar-refractivity contribution is -0.137. The van der Waals surface area contributed by atoms with E-state index in [0.29, 0.717) is 26.2 Å². The first-order valence-electron chi connectivity index (χ1n) is 7.92. The highest BCUT2D eigenvalue weighted by Crippen LogP contribution is 2.38. The average Bonchev–Trinajstić information content (AvgIpc) is 2.58. The first-order chi connectivity index (χ1) is 11.7. The molecule has 2 N–H and O–H groups in total. The highest BCUT2D eigenvalue weighted by molar-refractivity contribution is 6.18. The van der Waals surface area contributed by atoms with E-state index in [1.165, 1.54) is 13.0 Å². The summed E-state index contributed by atoms with van der Waals surface area (Å²) in [4.78, 5) is 14.6. The van der Waals surface area contributed by atoms with Crippen molar-refractivity contribution in [2.24, 2.45) is 0 Å². The highest BCUT2D eigenvalue weighted by Gasteiger charge is 2.36. The van der Waals surface area contributed by atoms with Crippen LogP contribution in [-0.2, 0) is 11.0 Å². The summed E-state index contributed by atoms with van der Waals surface area (Å²) in [5, 5.41) is 12.2. The first-order valence-corrected chi connectivity index (χ1v) is 8.45. The molecule has 5 nitrogen and oxygen atoms in total. The van der Waals surface area contributed by atoms with Gasteiger partial charge in [-0.05, 0) is 18.2 Å². The molecule has 1 unspecified atom stereocenters. The molecule has 9 heteroatoms. The third-order valence-electron chi connectivity index (χ3n) is 4.09. The Morgan fingerprint density at radius 1 is 1.32 bits per heavy atom. The molecule has 0 aromatic heterocycles. The van der Waals surface area contributed by atoms with Crippen LogP contribution >= 0.6 is 11.6 Å². The number of carbonyl (C=O) groups is 1. The summed E-state index contributed by atoms with van der Waals surface area (Å²) in [5.74, 6) is -0.0782. The van der Waals surface area contributed by atoms with Crippen molar-refractivity contribution in [1.82, 2.24) is 4.90 Å². The van der Waals surface area contributed by atoms with Crippen molar-refractivity contribution in [2.45, 2.75) is 19.2 Å². The van der Waals surface area contributed by atoms with Gasteiger partial charge in [-0.15, -0.1) is 11.6 Å². The zero-order valence-electron chi connectivity index (χ0n) is 13.8. The number of amides is 1. The van der Waals surface area contributed by atoms with Crippen molar-refractivity contribution >= 4 is 28.9 Å². The van der Waals surface area contributed by atoms with E-state index in [1.807, 2.05) is 0 Å². The second kappa shape index (κ2) is 8.14. The zero-order chi connectivity index (χ0) is 18.6. The molecule has 1 heterocycles. The van der Waals surface area contributed by atoms with Gasteiger partial charge in [0.05, 0.1) is 17.5 Å². The van der Waals surface area contributed by atoms with E-state index in [9.17, 15) is 23.1 Å². The van der Waals surface area contributed by atoms with Crippen LogP contribution in [0.5, 0.6) is 0 Å². The largest absolute Gasteiger partial charge is 0.418 e. The van der Waals surface area contributed by atoms with Crippen LogP contribution in [0.25, 0.3) is 0 Å². The lowest BCUT2D eigenvalue weighted by atomic mass is 10.1. The number of carbonyl (C=O) groups excluding carboxylic acids is 1. The number of alkyl halides is 4. The molecule has 0 radical (unpaired) electrons. The van der Waals surface area contributed by atoms with E-state index in [4.69, 9.17) is 11.6 Å². The third kappa shape index (κ3) is 5.15. The lowest BCUT2D eigenvalue weighted by Crippen LogP contribution is -2.48. The molecule has 1 aliphatic rings. The summed E-state index contributed by atoms with van der Waals surface area (Å²) in [6.45, 7) is 3.01. The maximum absolute atomic E-state index is 13.5. The number of piperazine rings is 1. The van der Waals surface area contributed by atoms with Crippen molar-refractivity contribution in [1.29, 1.82) is 0 Å². The molecule has 1 fully saturated rings. The maximum Gasteiger partial charge on any atom is 0.418 e. The number of nitrogens with zero attached hydrogens (tertiary/aromatic N) is 2. The van der Waals surface area contributed by atoms with Gasteiger partial charge in [0, 0.05) is 51.0 Å². The number of rotatable bonds is 5.